The molecule has 0 aliphatic carbocycles. The Morgan fingerprint density at radius 3 is 2.82 bits per heavy atom. The minimum atomic E-state index is -0.194. The lowest BCUT2D eigenvalue weighted by Crippen LogP contribution is -2.13. The molecular weight excluding hydrogens is 354 g/mol. The van der Waals surface area contributed by atoms with Crippen molar-refractivity contribution < 1.29 is 9.53 Å². The van der Waals surface area contributed by atoms with Gasteiger partial charge in [-0.25, -0.2) is 9.97 Å². The standard InChI is InChI=1S/C21H19N5O2/c1-13-16(7-4-8-18(13)28-2)21(27)25-15-6-3-5-14(11-15)17-12-24-20-19(22)23-9-10-26(17)20/h3-12H,1-2H3,(H2,22,23)(H,25,27). The summed E-state index contributed by atoms with van der Waals surface area (Å²) < 4.78 is 7.17. The first-order chi connectivity index (χ1) is 13.6. The maximum Gasteiger partial charge on any atom is 0.256 e. The second-order valence-electron chi connectivity index (χ2n) is 6.32. The molecule has 140 valence electrons. The van der Waals surface area contributed by atoms with Gasteiger partial charge < -0.3 is 15.8 Å². The van der Waals surface area contributed by atoms with Gasteiger partial charge >= 0.3 is 0 Å². The van der Waals surface area contributed by atoms with Gasteiger partial charge in [0, 0.05) is 34.8 Å². The number of amides is 1. The quantitative estimate of drug-likeness (QED) is 0.570. The summed E-state index contributed by atoms with van der Waals surface area (Å²) in [6.45, 7) is 1.86. The van der Waals surface area contributed by atoms with Crippen LogP contribution >= 0.6 is 0 Å². The van der Waals surface area contributed by atoms with E-state index in [9.17, 15) is 4.79 Å². The summed E-state index contributed by atoms with van der Waals surface area (Å²) in [5, 5.41) is 2.95. The minimum Gasteiger partial charge on any atom is -0.496 e. The number of fused-ring (bicyclic) bond motifs is 1. The van der Waals surface area contributed by atoms with Gasteiger partial charge in [0.05, 0.1) is 19.0 Å². The Labute approximate surface area is 161 Å². The number of carbonyl (C=O) groups excluding carboxylic acids is 1. The van der Waals surface area contributed by atoms with Crippen LogP contribution in [0.4, 0.5) is 11.5 Å². The lowest BCUT2D eigenvalue weighted by atomic mass is 10.1. The van der Waals surface area contributed by atoms with Crippen molar-refractivity contribution in [2.75, 3.05) is 18.2 Å². The zero-order valence-electron chi connectivity index (χ0n) is 15.5. The van der Waals surface area contributed by atoms with E-state index in [0.29, 0.717) is 28.5 Å². The highest BCUT2D eigenvalue weighted by Crippen LogP contribution is 2.26. The number of imidazole rings is 1. The number of hydrogen-bond acceptors (Lipinski definition) is 5. The predicted octanol–water partition coefficient (Wildman–Crippen LogP) is 3.55. The summed E-state index contributed by atoms with van der Waals surface area (Å²) >= 11 is 0. The summed E-state index contributed by atoms with van der Waals surface area (Å²) in [5.74, 6) is 0.852. The normalized spacial score (nSPS) is 10.8. The molecule has 0 aliphatic rings. The molecule has 28 heavy (non-hydrogen) atoms. The molecule has 4 rings (SSSR count). The molecule has 7 nitrogen and oxygen atoms in total. The van der Waals surface area contributed by atoms with Gasteiger partial charge in [0.25, 0.3) is 5.91 Å². The van der Waals surface area contributed by atoms with Gasteiger partial charge in [0.15, 0.2) is 11.5 Å². The van der Waals surface area contributed by atoms with Crippen LogP contribution in [0.15, 0.2) is 61.1 Å². The zero-order valence-corrected chi connectivity index (χ0v) is 15.5. The van der Waals surface area contributed by atoms with Crippen molar-refractivity contribution in [3.63, 3.8) is 0 Å². The Balaban J connectivity index is 1.66. The van der Waals surface area contributed by atoms with Crippen LogP contribution in [-0.4, -0.2) is 27.4 Å². The molecule has 0 spiro atoms. The number of nitrogen functional groups attached to an aromatic ring is 1. The lowest BCUT2D eigenvalue weighted by molar-refractivity contribution is 0.102. The Kier molecular flexibility index (Phi) is 4.41. The molecule has 0 fully saturated rings. The van der Waals surface area contributed by atoms with Gasteiger partial charge in [-0.1, -0.05) is 18.2 Å². The van der Waals surface area contributed by atoms with Crippen LogP contribution < -0.4 is 15.8 Å². The molecule has 3 N–H and O–H groups in total. The smallest absolute Gasteiger partial charge is 0.256 e. The van der Waals surface area contributed by atoms with Crippen molar-refractivity contribution in [3.8, 4) is 17.0 Å². The van der Waals surface area contributed by atoms with Crippen molar-refractivity contribution in [2.45, 2.75) is 6.92 Å². The van der Waals surface area contributed by atoms with Crippen LogP contribution in [-0.2, 0) is 0 Å². The fourth-order valence-corrected chi connectivity index (χ4v) is 3.19. The van der Waals surface area contributed by atoms with E-state index in [0.717, 1.165) is 16.8 Å². The first-order valence-electron chi connectivity index (χ1n) is 8.71. The maximum atomic E-state index is 12.7. The Hall–Kier alpha value is -3.87. The minimum absolute atomic E-state index is 0.194. The SMILES string of the molecule is COc1cccc(C(=O)Nc2cccc(-c3cnc4c(N)nccn34)c2)c1C. The van der Waals surface area contributed by atoms with E-state index in [1.807, 2.05) is 41.7 Å². The highest BCUT2D eigenvalue weighted by molar-refractivity contribution is 6.05. The van der Waals surface area contributed by atoms with E-state index in [1.54, 1.807) is 37.8 Å². The topological polar surface area (TPSA) is 94.5 Å². The zero-order chi connectivity index (χ0) is 19.7. The molecule has 2 aromatic heterocycles. The van der Waals surface area contributed by atoms with Crippen LogP contribution in [0.2, 0.25) is 0 Å². The number of nitrogens with two attached hydrogens (primary N) is 1. The number of ether oxygens (including phenoxy) is 1. The second-order valence-corrected chi connectivity index (χ2v) is 6.32. The van der Waals surface area contributed by atoms with Gasteiger partial charge in [-0.15, -0.1) is 0 Å². The number of anilines is 2. The number of rotatable bonds is 4. The van der Waals surface area contributed by atoms with Crippen molar-refractivity contribution >= 4 is 23.1 Å². The second kappa shape index (κ2) is 7.03. The highest BCUT2D eigenvalue weighted by atomic mass is 16.5. The van der Waals surface area contributed by atoms with Crippen LogP contribution in [0.5, 0.6) is 5.75 Å². The molecule has 4 aromatic rings. The van der Waals surface area contributed by atoms with E-state index in [2.05, 4.69) is 15.3 Å². The molecule has 7 heteroatoms. The van der Waals surface area contributed by atoms with E-state index in [4.69, 9.17) is 10.5 Å². The number of benzene rings is 2. The van der Waals surface area contributed by atoms with Gasteiger partial charge in [-0.3, -0.25) is 9.20 Å². The van der Waals surface area contributed by atoms with Crippen LogP contribution in [0, 0.1) is 6.92 Å². The summed E-state index contributed by atoms with van der Waals surface area (Å²) in [6, 6.07) is 13.0. The third-order valence-electron chi connectivity index (χ3n) is 4.62. The van der Waals surface area contributed by atoms with Crippen LogP contribution in [0.3, 0.4) is 0 Å². The maximum absolute atomic E-state index is 12.7. The van der Waals surface area contributed by atoms with E-state index >= 15 is 0 Å². The number of hydrogen-bond donors (Lipinski definition) is 2. The molecule has 0 bridgehead atoms. The highest BCUT2D eigenvalue weighted by Gasteiger charge is 2.14. The van der Waals surface area contributed by atoms with Gasteiger partial charge in [-0.2, -0.15) is 0 Å². The summed E-state index contributed by atoms with van der Waals surface area (Å²) in [4.78, 5) is 21.1. The van der Waals surface area contributed by atoms with Crippen molar-refractivity contribution in [1.82, 2.24) is 14.4 Å². The Bertz CT molecular complexity index is 1180. The number of carbonyl (C=O) groups is 1. The third-order valence-corrected chi connectivity index (χ3v) is 4.62. The molecule has 2 heterocycles. The Morgan fingerprint density at radius 2 is 2.00 bits per heavy atom. The van der Waals surface area contributed by atoms with E-state index in [1.165, 1.54) is 0 Å². The Morgan fingerprint density at radius 1 is 1.18 bits per heavy atom. The number of methoxy groups -OCH3 is 1. The van der Waals surface area contributed by atoms with Crippen molar-refractivity contribution in [3.05, 3.63) is 72.2 Å². The van der Waals surface area contributed by atoms with Gasteiger partial charge in [0.1, 0.15) is 5.75 Å². The number of nitrogens with zero attached hydrogens (tertiary/aromatic N) is 3. The number of nitrogens with one attached hydrogen (secondary N) is 1. The molecule has 0 saturated carbocycles. The molecule has 0 unspecified atom stereocenters. The fourth-order valence-electron chi connectivity index (χ4n) is 3.19. The largest absolute Gasteiger partial charge is 0.496 e. The van der Waals surface area contributed by atoms with Gasteiger partial charge in [-0.05, 0) is 31.2 Å². The van der Waals surface area contributed by atoms with Crippen molar-refractivity contribution in [2.24, 2.45) is 0 Å². The first kappa shape index (κ1) is 17.5. The van der Waals surface area contributed by atoms with Crippen molar-refractivity contribution in [1.29, 1.82) is 0 Å². The summed E-state index contributed by atoms with van der Waals surface area (Å²) in [6.07, 6.45) is 5.17. The average molecular weight is 373 g/mol. The molecule has 0 saturated heterocycles. The molecule has 2 aromatic carbocycles. The van der Waals surface area contributed by atoms with E-state index < -0.39 is 0 Å². The first-order valence-corrected chi connectivity index (χ1v) is 8.71. The number of aromatic nitrogens is 3. The summed E-state index contributed by atoms with van der Waals surface area (Å²) in [5.41, 5.74) is 10.3. The fraction of sp³-hybridized carbons (Fsp3) is 0.0952. The average Bonchev–Trinajstić information content (AvgIpc) is 3.14. The van der Waals surface area contributed by atoms with Crippen LogP contribution in [0.1, 0.15) is 15.9 Å². The molecular formula is C21H19N5O2. The molecule has 0 radical (unpaired) electrons. The van der Waals surface area contributed by atoms with Gasteiger partial charge in [0.2, 0.25) is 0 Å². The summed E-state index contributed by atoms with van der Waals surface area (Å²) in [7, 11) is 1.59. The molecule has 1 amide bonds. The molecule has 0 atom stereocenters. The monoisotopic (exact) mass is 373 g/mol. The van der Waals surface area contributed by atoms with E-state index in [-0.39, 0.29) is 5.91 Å². The predicted molar refractivity (Wildman–Crippen MR) is 109 cm³/mol. The molecule has 0 aliphatic heterocycles. The van der Waals surface area contributed by atoms with Crippen LogP contribution in [0.25, 0.3) is 16.9 Å². The third kappa shape index (κ3) is 3.03. The lowest BCUT2D eigenvalue weighted by Gasteiger charge is -2.11.